The minimum absolute atomic E-state index is 0.611. The topological polar surface area (TPSA) is 92.3 Å². The predicted molar refractivity (Wildman–Crippen MR) is 108 cm³/mol. The molecule has 2 saturated heterocycles. The lowest BCUT2D eigenvalue weighted by Crippen LogP contribution is -2.12. The van der Waals surface area contributed by atoms with Crippen LogP contribution in [0.1, 0.15) is 0 Å². The monoisotopic (exact) mass is 440 g/mol. The van der Waals surface area contributed by atoms with Crippen molar-refractivity contribution >= 4 is 0 Å². The highest BCUT2D eigenvalue weighted by Gasteiger charge is 1.96. The van der Waals surface area contributed by atoms with Gasteiger partial charge in [0.1, 0.15) is 0 Å². The molecule has 0 aromatic heterocycles. The van der Waals surface area contributed by atoms with E-state index in [-0.39, 0.29) is 0 Å². The van der Waals surface area contributed by atoms with E-state index < -0.39 is 0 Å². The Bertz CT molecular complexity index is 175. The second-order valence-corrected chi connectivity index (χ2v) is 6.12. The minimum Gasteiger partial charge on any atom is -0.377 e. The smallest absolute Gasteiger partial charge is 0.0701 e. The zero-order valence-corrected chi connectivity index (χ0v) is 18.2. The zero-order chi connectivity index (χ0) is 21.2. The summed E-state index contributed by atoms with van der Waals surface area (Å²) in [5.41, 5.74) is 0. The molecule has 2 aliphatic rings. The Kier molecular flexibility index (Phi) is 22.9. The highest BCUT2D eigenvalue weighted by molar-refractivity contribution is 4.39. The molecule has 0 amide bonds. The maximum Gasteiger partial charge on any atom is 0.0701 e. The van der Waals surface area contributed by atoms with Crippen LogP contribution in [-0.2, 0) is 47.4 Å². The van der Waals surface area contributed by atoms with Gasteiger partial charge in [-0.2, -0.15) is 0 Å². The lowest BCUT2D eigenvalue weighted by atomic mass is 10.7. The molecule has 0 radical (unpaired) electrons. The normalized spacial score (nSPS) is 24.0. The van der Waals surface area contributed by atoms with Gasteiger partial charge in [-0.1, -0.05) is 0 Å². The Morgan fingerprint density at radius 1 is 0.133 bits per heavy atom. The second kappa shape index (κ2) is 24.9. The van der Waals surface area contributed by atoms with E-state index in [0.29, 0.717) is 132 Å². The SMILES string of the molecule is C1COCCOCCOCCOCCO1.C1COCCOCCOCCOCCO1. The van der Waals surface area contributed by atoms with Gasteiger partial charge in [0.15, 0.2) is 0 Å². The van der Waals surface area contributed by atoms with E-state index in [2.05, 4.69) is 0 Å². The van der Waals surface area contributed by atoms with Crippen molar-refractivity contribution in [2.45, 2.75) is 0 Å². The summed E-state index contributed by atoms with van der Waals surface area (Å²) in [6.45, 7) is 12.2. The molecule has 2 heterocycles. The van der Waals surface area contributed by atoms with Crippen LogP contribution >= 0.6 is 0 Å². The van der Waals surface area contributed by atoms with Gasteiger partial charge >= 0.3 is 0 Å². The first-order valence-electron chi connectivity index (χ1n) is 10.8. The van der Waals surface area contributed by atoms with Crippen molar-refractivity contribution in [3.05, 3.63) is 0 Å². The fraction of sp³-hybridized carbons (Fsp3) is 1.00. The van der Waals surface area contributed by atoms with Gasteiger partial charge in [-0.05, 0) is 0 Å². The van der Waals surface area contributed by atoms with E-state index in [1.54, 1.807) is 0 Å². The van der Waals surface area contributed by atoms with Crippen molar-refractivity contribution in [1.82, 2.24) is 0 Å². The first kappa shape index (κ1) is 27.6. The van der Waals surface area contributed by atoms with Crippen LogP contribution in [0.5, 0.6) is 0 Å². The molecule has 0 spiro atoms. The van der Waals surface area contributed by atoms with Gasteiger partial charge in [0, 0.05) is 0 Å². The highest BCUT2D eigenvalue weighted by atomic mass is 16.6. The molecule has 0 aromatic carbocycles. The predicted octanol–water partition coefficient (Wildman–Crippen LogP) is 0.166. The third-order valence-corrected chi connectivity index (χ3v) is 3.72. The molecule has 2 fully saturated rings. The van der Waals surface area contributed by atoms with Crippen LogP contribution in [0, 0.1) is 0 Å². The summed E-state index contributed by atoms with van der Waals surface area (Å²) in [7, 11) is 0. The molecule has 0 aromatic rings. The van der Waals surface area contributed by atoms with Gasteiger partial charge in [-0.15, -0.1) is 0 Å². The van der Waals surface area contributed by atoms with Gasteiger partial charge in [-0.25, -0.2) is 0 Å². The molecule has 0 aliphatic carbocycles. The molecule has 0 bridgehead atoms. The van der Waals surface area contributed by atoms with Crippen molar-refractivity contribution in [2.24, 2.45) is 0 Å². The maximum absolute atomic E-state index is 5.28. The lowest BCUT2D eigenvalue weighted by molar-refractivity contribution is 0.00206. The number of hydrogen-bond donors (Lipinski definition) is 0. The molecule has 2 aliphatic heterocycles. The molecule has 180 valence electrons. The van der Waals surface area contributed by atoms with E-state index in [0.717, 1.165) is 0 Å². The standard InChI is InChI=1S/2C10H20O5/c2*1-2-12-5-6-14-9-10-15-8-7-13-4-3-11-1/h2*1-10H2. The molecule has 0 unspecified atom stereocenters. The van der Waals surface area contributed by atoms with Gasteiger partial charge in [0.25, 0.3) is 0 Å². The molecule has 10 nitrogen and oxygen atoms in total. The largest absolute Gasteiger partial charge is 0.377 e. The summed E-state index contributed by atoms with van der Waals surface area (Å²) in [5.74, 6) is 0. The summed E-state index contributed by atoms with van der Waals surface area (Å²) < 4.78 is 52.8. The first-order chi connectivity index (χ1) is 15.0. The van der Waals surface area contributed by atoms with Crippen LogP contribution < -0.4 is 0 Å². The molecule has 0 saturated carbocycles. The van der Waals surface area contributed by atoms with Crippen LogP contribution in [0.25, 0.3) is 0 Å². The molecule has 10 heteroatoms. The fourth-order valence-electron chi connectivity index (χ4n) is 2.20. The third-order valence-electron chi connectivity index (χ3n) is 3.72. The molecule has 0 atom stereocenters. The summed E-state index contributed by atoms with van der Waals surface area (Å²) in [6, 6.07) is 0. The zero-order valence-electron chi connectivity index (χ0n) is 18.2. The molecular weight excluding hydrogens is 400 g/mol. The Morgan fingerprint density at radius 2 is 0.200 bits per heavy atom. The molecular formula is C20H40O10. The Morgan fingerprint density at radius 3 is 0.267 bits per heavy atom. The van der Waals surface area contributed by atoms with Gasteiger partial charge < -0.3 is 47.4 Å². The molecule has 0 N–H and O–H groups in total. The Hall–Kier alpha value is -0.400. The van der Waals surface area contributed by atoms with Crippen LogP contribution in [-0.4, -0.2) is 132 Å². The van der Waals surface area contributed by atoms with Gasteiger partial charge in [-0.3, -0.25) is 0 Å². The average Bonchev–Trinajstić information content (AvgIpc) is 2.78. The quantitative estimate of drug-likeness (QED) is 0.519. The Labute approximate surface area is 180 Å². The van der Waals surface area contributed by atoms with Crippen molar-refractivity contribution in [3.8, 4) is 0 Å². The van der Waals surface area contributed by atoms with Crippen molar-refractivity contribution in [1.29, 1.82) is 0 Å². The first-order valence-corrected chi connectivity index (χ1v) is 10.8. The van der Waals surface area contributed by atoms with Crippen LogP contribution in [0.4, 0.5) is 0 Å². The summed E-state index contributed by atoms with van der Waals surface area (Å²) in [5, 5.41) is 0. The van der Waals surface area contributed by atoms with E-state index >= 15 is 0 Å². The van der Waals surface area contributed by atoms with Crippen molar-refractivity contribution in [3.63, 3.8) is 0 Å². The second-order valence-electron chi connectivity index (χ2n) is 6.12. The van der Waals surface area contributed by atoms with Gasteiger partial charge in [0.05, 0.1) is 132 Å². The summed E-state index contributed by atoms with van der Waals surface area (Å²) in [6.07, 6.45) is 0. The summed E-state index contributed by atoms with van der Waals surface area (Å²) in [4.78, 5) is 0. The van der Waals surface area contributed by atoms with Gasteiger partial charge in [0.2, 0.25) is 0 Å². The molecule has 2 rings (SSSR count). The summed E-state index contributed by atoms with van der Waals surface area (Å²) >= 11 is 0. The highest BCUT2D eigenvalue weighted by Crippen LogP contribution is 1.87. The number of rotatable bonds is 0. The number of ether oxygens (including phenoxy) is 10. The minimum atomic E-state index is 0.611. The third kappa shape index (κ3) is 22.3. The van der Waals surface area contributed by atoms with Crippen LogP contribution in [0.3, 0.4) is 0 Å². The van der Waals surface area contributed by atoms with Crippen LogP contribution in [0.2, 0.25) is 0 Å². The average molecular weight is 441 g/mol. The van der Waals surface area contributed by atoms with E-state index in [1.165, 1.54) is 0 Å². The maximum atomic E-state index is 5.28. The Balaban J connectivity index is 0.000000300. The number of hydrogen-bond acceptors (Lipinski definition) is 10. The van der Waals surface area contributed by atoms with Crippen molar-refractivity contribution in [2.75, 3.05) is 132 Å². The lowest BCUT2D eigenvalue weighted by Gasteiger charge is -2.05. The van der Waals surface area contributed by atoms with Crippen LogP contribution in [0.15, 0.2) is 0 Å². The fourth-order valence-corrected chi connectivity index (χ4v) is 2.20. The van der Waals surface area contributed by atoms with E-state index in [1.807, 2.05) is 0 Å². The molecule has 30 heavy (non-hydrogen) atoms. The van der Waals surface area contributed by atoms with Crippen molar-refractivity contribution < 1.29 is 47.4 Å². The van der Waals surface area contributed by atoms with E-state index in [9.17, 15) is 0 Å². The van der Waals surface area contributed by atoms with E-state index in [4.69, 9.17) is 47.4 Å².